The molecule has 2 rings (SSSR count). The first-order valence-electron chi connectivity index (χ1n) is 5.83. The Balaban J connectivity index is 1.96. The fourth-order valence-electron chi connectivity index (χ4n) is 2.03. The molecule has 1 aromatic rings. The molecule has 3 N–H and O–H groups in total. The summed E-state index contributed by atoms with van der Waals surface area (Å²) < 4.78 is 0. The average molecular weight is 218 g/mol. The first-order chi connectivity index (χ1) is 7.66. The smallest absolute Gasteiger partial charge is 0.251 e. The number of rotatable bonds is 3. The van der Waals surface area contributed by atoms with Gasteiger partial charge in [0.15, 0.2) is 0 Å². The molecule has 0 saturated heterocycles. The van der Waals surface area contributed by atoms with Gasteiger partial charge in [-0.15, -0.1) is 0 Å². The van der Waals surface area contributed by atoms with Crippen molar-refractivity contribution in [3.05, 3.63) is 29.8 Å². The fraction of sp³-hybridized carbons (Fsp3) is 0.462. The lowest BCUT2D eigenvalue weighted by Crippen LogP contribution is -2.40. The number of nitrogens with two attached hydrogens (primary N) is 1. The van der Waals surface area contributed by atoms with E-state index in [4.69, 9.17) is 5.73 Å². The molecule has 1 aliphatic rings. The lowest BCUT2D eigenvalue weighted by molar-refractivity contribution is 0.0909. The van der Waals surface area contributed by atoms with Crippen molar-refractivity contribution < 1.29 is 4.79 Å². The maximum Gasteiger partial charge on any atom is 0.251 e. The molecule has 0 heterocycles. The molecule has 1 aliphatic carbocycles. The third kappa shape index (κ3) is 2.35. The van der Waals surface area contributed by atoms with Crippen molar-refractivity contribution >= 4 is 11.6 Å². The molecule has 0 spiro atoms. The van der Waals surface area contributed by atoms with E-state index in [2.05, 4.69) is 12.2 Å². The summed E-state index contributed by atoms with van der Waals surface area (Å²) in [5.74, 6) is 0.636. The van der Waals surface area contributed by atoms with Crippen LogP contribution in [0.2, 0.25) is 0 Å². The molecule has 1 saturated carbocycles. The van der Waals surface area contributed by atoms with Gasteiger partial charge < -0.3 is 11.1 Å². The van der Waals surface area contributed by atoms with E-state index in [0.717, 1.165) is 0 Å². The molecule has 3 heteroatoms. The van der Waals surface area contributed by atoms with Gasteiger partial charge in [-0.05, 0) is 43.9 Å². The molecule has 0 radical (unpaired) electrons. The van der Waals surface area contributed by atoms with Crippen LogP contribution < -0.4 is 11.1 Å². The Hall–Kier alpha value is -1.51. The SMILES string of the molecule is CC(NC(=O)c1cccc(N)c1)C1CCC1. The summed E-state index contributed by atoms with van der Waals surface area (Å²) in [7, 11) is 0. The first-order valence-corrected chi connectivity index (χ1v) is 5.83. The Labute approximate surface area is 96.0 Å². The topological polar surface area (TPSA) is 55.1 Å². The number of amides is 1. The van der Waals surface area contributed by atoms with E-state index in [1.807, 2.05) is 0 Å². The second-order valence-electron chi connectivity index (χ2n) is 4.58. The molecular formula is C13H18N2O. The summed E-state index contributed by atoms with van der Waals surface area (Å²) in [5, 5.41) is 3.03. The number of carbonyl (C=O) groups excluding carboxylic acids is 1. The molecule has 0 bridgehead atoms. The third-order valence-electron chi connectivity index (χ3n) is 3.36. The fourth-order valence-corrected chi connectivity index (χ4v) is 2.03. The normalized spacial score (nSPS) is 17.6. The van der Waals surface area contributed by atoms with E-state index >= 15 is 0 Å². The Morgan fingerprint density at radius 2 is 2.25 bits per heavy atom. The number of hydrogen-bond donors (Lipinski definition) is 2. The van der Waals surface area contributed by atoms with Crippen LogP contribution in [0.25, 0.3) is 0 Å². The predicted octanol–water partition coefficient (Wildman–Crippen LogP) is 2.19. The summed E-state index contributed by atoms with van der Waals surface area (Å²) in [4.78, 5) is 11.9. The van der Waals surface area contributed by atoms with Crippen LogP contribution in [0.1, 0.15) is 36.5 Å². The van der Waals surface area contributed by atoms with E-state index in [1.54, 1.807) is 24.3 Å². The van der Waals surface area contributed by atoms with Crippen LogP contribution in [0.5, 0.6) is 0 Å². The molecule has 86 valence electrons. The number of anilines is 1. The van der Waals surface area contributed by atoms with Gasteiger partial charge >= 0.3 is 0 Å². The standard InChI is InChI=1S/C13H18N2O/c1-9(10-4-2-5-10)15-13(16)11-6-3-7-12(14)8-11/h3,6-10H,2,4-5,14H2,1H3,(H,15,16). The summed E-state index contributed by atoms with van der Waals surface area (Å²) in [6.07, 6.45) is 3.76. The molecule has 1 unspecified atom stereocenters. The molecule has 1 amide bonds. The van der Waals surface area contributed by atoms with Gasteiger partial charge in [0.2, 0.25) is 0 Å². The highest BCUT2D eigenvalue weighted by Gasteiger charge is 2.25. The summed E-state index contributed by atoms with van der Waals surface area (Å²) >= 11 is 0. The molecule has 1 atom stereocenters. The Kier molecular flexibility index (Phi) is 3.13. The Bertz CT molecular complexity index is 385. The minimum atomic E-state index is -0.0216. The van der Waals surface area contributed by atoms with Crippen molar-refractivity contribution in [2.45, 2.75) is 32.2 Å². The summed E-state index contributed by atoms with van der Waals surface area (Å²) in [5.41, 5.74) is 6.92. The van der Waals surface area contributed by atoms with Gasteiger partial charge in [0.1, 0.15) is 0 Å². The van der Waals surface area contributed by atoms with Crippen molar-refractivity contribution in [2.75, 3.05) is 5.73 Å². The lowest BCUT2D eigenvalue weighted by atomic mass is 9.80. The van der Waals surface area contributed by atoms with Gasteiger partial charge in [-0.25, -0.2) is 0 Å². The predicted molar refractivity (Wildman–Crippen MR) is 65.1 cm³/mol. The van der Waals surface area contributed by atoms with E-state index in [0.29, 0.717) is 17.2 Å². The van der Waals surface area contributed by atoms with Crippen LogP contribution >= 0.6 is 0 Å². The van der Waals surface area contributed by atoms with Crippen molar-refractivity contribution in [2.24, 2.45) is 5.92 Å². The summed E-state index contributed by atoms with van der Waals surface area (Å²) in [6.45, 7) is 2.08. The van der Waals surface area contributed by atoms with Crippen LogP contribution in [-0.2, 0) is 0 Å². The third-order valence-corrected chi connectivity index (χ3v) is 3.36. The highest BCUT2D eigenvalue weighted by Crippen LogP contribution is 2.29. The van der Waals surface area contributed by atoms with Gasteiger partial charge in [-0.3, -0.25) is 4.79 Å². The van der Waals surface area contributed by atoms with Crippen LogP contribution in [0.4, 0.5) is 5.69 Å². The highest BCUT2D eigenvalue weighted by atomic mass is 16.1. The monoisotopic (exact) mass is 218 g/mol. The number of nitrogens with one attached hydrogen (secondary N) is 1. The van der Waals surface area contributed by atoms with Gasteiger partial charge in [-0.1, -0.05) is 12.5 Å². The van der Waals surface area contributed by atoms with Gasteiger partial charge in [-0.2, -0.15) is 0 Å². The molecule has 1 fully saturated rings. The molecule has 0 aromatic heterocycles. The number of benzene rings is 1. The zero-order chi connectivity index (χ0) is 11.5. The van der Waals surface area contributed by atoms with E-state index in [1.165, 1.54) is 19.3 Å². The highest BCUT2D eigenvalue weighted by molar-refractivity contribution is 5.95. The van der Waals surface area contributed by atoms with Gasteiger partial charge in [0.25, 0.3) is 5.91 Å². The first kappa shape index (κ1) is 11.0. The Morgan fingerprint density at radius 3 is 2.81 bits per heavy atom. The zero-order valence-electron chi connectivity index (χ0n) is 9.57. The van der Waals surface area contributed by atoms with E-state index in [-0.39, 0.29) is 11.9 Å². The van der Waals surface area contributed by atoms with Crippen LogP contribution in [-0.4, -0.2) is 11.9 Å². The van der Waals surface area contributed by atoms with E-state index in [9.17, 15) is 4.79 Å². The van der Waals surface area contributed by atoms with Crippen LogP contribution in [0.15, 0.2) is 24.3 Å². The van der Waals surface area contributed by atoms with Crippen LogP contribution in [0, 0.1) is 5.92 Å². The molecule has 0 aliphatic heterocycles. The van der Waals surface area contributed by atoms with Crippen molar-refractivity contribution in [1.82, 2.24) is 5.32 Å². The maximum atomic E-state index is 11.9. The van der Waals surface area contributed by atoms with Crippen molar-refractivity contribution in [1.29, 1.82) is 0 Å². The average Bonchev–Trinajstić information content (AvgIpc) is 2.14. The molecule has 1 aromatic carbocycles. The second kappa shape index (κ2) is 4.56. The number of nitrogen functional groups attached to an aromatic ring is 1. The number of hydrogen-bond acceptors (Lipinski definition) is 2. The molecular weight excluding hydrogens is 200 g/mol. The largest absolute Gasteiger partial charge is 0.399 e. The Morgan fingerprint density at radius 1 is 1.50 bits per heavy atom. The van der Waals surface area contributed by atoms with Crippen LogP contribution in [0.3, 0.4) is 0 Å². The van der Waals surface area contributed by atoms with Gasteiger partial charge in [0.05, 0.1) is 0 Å². The maximum absolute atomic E-state index is 11.9. The lowest BCUT2D eigenvalue weighted by Gasteiger charge is -2.31. The van der Waals surface area contributed by atoms with Crippen molar-refractivity contribution in [3.63, 3.8) is 0 Å². The zero-order valence-corrected chi connectivity index (χ0v) is 9.57. The molecule has 16 heavy (non-hydrogen) atoms. The van der Waals surface area contributed by atoms with E-state index < -0.39 is 0 Å². The second-order valence-corrected chi connectivity index (χ2v) is 4.58. The summed E-state index contributed by atoms with van der Waals surface area (Å²) in [6, 6.07) is 7.36. The minimum Gasteiger partial charge on any atom is -0.399 e. The van der Waals surface area contributed by atoms with Gasteiger partial charge in [0, 0.05) is 17.3 Å². The quantitative estimate of drug-likeness (QED) is 0.764. The molecule has 3 nitrogen and oxygen atoms in total. The number of carbonyl (C=O) groups is 1. The minimum absolute atomic E-state index is 0.0216. The van der Waals surface area contributed by atoms with Crippen molar-refractivity contribution in [3.8, 4) is 0 Å².